The number of nitrogens with zero attached hydrogens (tertiary/aromatic N) is 4. The highest BCUT2D eigenvalue weighted by molar-refractivity contribution is 5.92. The van der Waals surface area contributed by atoms with Gasteiger partial charge in [-0.25, -0.2) is 0 Å². The first-order chi connectivity index (χ1) is 9.75. The molecule has 1 aliphatic rings. The standard InChI is InChI=1S/C15H18N4O/c1-12-7-5-6-10-18(12)15(20)14-11-16-19(17-14)13-8-3-2-4-9-13/h2-4,8-9,11-12H,5-7,10H2,1H3. The molecule has 1 unspecified atom stereocenters. The Hall–Kier alpha value is -2.17. The quantitative estimate of drug-likeness (QED) is 0.841. The van der Waals surface area contributed by atoms with Crippen LogP contribution in [0.4, 0.5) is 0 Å². The van der Waals surface area contributed by atoms with Crippen LogP contribution in [0.1, 0.15) is 36.7 Å². The van der Waals surface area contributed by atoms with Gasteiger partial charge >= 0.3 is 0 Å². The van der Waals surface area contributed by atoms with Gasteiger partial charge in [-0.3, -0.25) is 4.79 Å². The molecule has 0 bridgehead atoms. The molecule has 3 rings (SSSR count). The molecular weight excluding hydrogens is 252 g/mol. The van der Waals surface area contributed by atoms with E-state index < -0.39 is 0 Å². The van der Waals surface area contributed by atoms with E-state index in [-0.39, 0.29) is 11.9 Å². The molecule has 1 aromatic carbocycles. The van der Waals surface area contributed by atoms with Gasteiger partial charge in [0.1, 0.15) is 0 Å². The Morgan fingerprint density at radius 3 is 2.80 bits per heavy atom. The lowest BCUT2D eigenvalue weighted by Crippen LogP contribution is -2.42. The molecule has 5 nitrogen and oxygen atoms in total. The maximum absolute atomic E-state index is 12.5. The smallest absolute Gasteiger partial charge is 0.276 e. The number of amides is 1. The molecule has 5 heteroatoms. The predicted octanol–water partition coefficient (Wildman–Crippen LogP) is 2.28. The summed E-state index contributed by atoms with van der Waals surface area (Å²) in [5.74, 6) is -0.0145. The van der Waals surface area contributed by atoms with Crippen LogP contribution >= 0.6 is 0 Å². The van der Waals surface area contributed by atoms with Gasteiger partial charge in [0.2, 0.25) is 0 Å². The third-order valence-corrected chi connectivity index (χ3v) is 3.76. The Kier molecular flexibility index (Phi) is 3.50. The normalized spacial score (nSPS) is 19.1. The summed E-state index contributed by atoms with van der Waals surface area (Å²) in [6.45, 7) is 2.91. The maximum atomic E-state index is 12.5. The van der Waals surface area contributed by atoms with E-state index in [2.05, 4.69) is 17.1 Å². The summed E-state index contributed by atoms with van der Waals surface area (Å²) in [6.07, 6.45) is 4.89. The third-order valence-electron chi connectivity index (χ3n) is 3.76. The van der Waals surface area contributed by atoms with Gasteiger partial charge in [0.15, 0.2) is 5.69 Å². The van der Waals surface area contributed by atoms with Crippen LogP contribution in [0.5, 0.6) is 0 Å². The van der Waals surface area contributed by atoms with Gasteiger partial charge in [0, 0.05) is 12.6 Å². The molecule has 0 saturated carbocycles. The molecule has 0 spiro atoms. The number of para-hydroxylation sites is 1. The number of rotatable bonds is 2. The summed E-state index contributed by atoms with van der Waals surface area (Å²) >= 11 is 0. The number of aromatic nitrogens is 3. The molecule has 1 amide bonds. The minimum atomic E-state index is -0.0145. The average Bonchev–Trinajstić information content (AvgIpc) is 2.98. The van der Waals surface area contributed by atoms with Crippen LogP contribution in [0.25, 0.3) is 5.69 Å². The van der Waals surface area contributed by atoms with Gasteiger partial charge in [0.05, 0.1) is 11.9 Å². The summed E-state index contributed by atoms with van der Waals surface area (Å²) in [5, 5.41) is 8.49. The van der Waals surface area contributed by atoms with Crippen molar-refractivity contribution >= 4 is 5.91 Å². The number of carbonyl (C=O) groups is 1. The molecule has 1 fully saturated rings. The molecule has 0 N–H and O–H groups in total. The summed E-state index contributed by atoms with van der Waals surface area (Å²) in [4.78, 5) is 15.9. The molecule has 2 heterocycles. The SMILES string of the molecule is CC1CCCCN1C(=O)c1cnn(-c2ccccc2)n1. The van der Waals surface area contributed by atoms with Crippen molar-refractivity contribution in [2.24, 2.45) is 0 Å². The lowest BCUT2D eigenvalue weighted by Gasteiger charge is -2.32. The average molecular weight is 270 g/mol. The van der Waals surface area contributed by atoms with Crippen molar-refractivity contribution in [3.05, 3.63) is 42.2 Å². The van der Waals surface area contributed by atoms with E-state index >= 15 is 0 Å². The minimum Gasteiger partial charge on any atom is -0.334 e. The van der Waals surface area contributed by atoms with Crippen LogP contribution in [-0.4, -0.2) is 38.4 Å². The lowest BCUT2D eigenvalue weighted by atomic mass is 10.0. The number of hydrogen-bond donors (Lipinski definition) is 0. The second-order valence-electron chi connectivity index (χ2n) is 5.20. The van der Waals surface area contributed by atoms with Crippen molar-refractivity contribution < 1.29 is 4.79 Å². The first kappa shape index (κ1) is 12.8. The number of carbonyl (C=O) groups excluding carboxylic acids is 1. The molecule has 1 atom stereocenters. The molecule has 1 aliphatic heterocycles. The molecule has 0 aliphatic carbocycles. The molecule has 0 radical (unpaired) electrons. The Morgan fingerprint density at radius 2 is 2.05 bits per heavy atom. The number of piperidine rings is 1. The Morgan fingerprint density at radius 1 is 1.25 bits per heavy atom. The Bertz CT molecular complexity index is 593. The first-order valence-corrected chi connectivity index (χ1v) is 7.04. The van der Waals surface area contributed by atoms with Gasteiger partial charge in [-0.05, 0) is 38.3 Å². The molecule has 1 saturated heterocycles. The van der Waals surface area contributed by atoms with Crippen LogP contribution in [0.15, 0.2) is 36.5 Å². The summed E-state index contributed by atoms with van der Waals surface area (Å²) in [7, 11) is 0. The van der Waals surface area contributed by atoms with Gasteiger partial charge < -0.3 is 4.90 Å². The zero-order valence-electron chi connectivity index (χ0n) is 11.6. The summed E-state index contributed by atoms with van der Waals surface area (Å²) < 4.78 is 0. The largest absolute Gasteiger partial charge is 0.334 e. The Balaban J connectivity index is 1.81. The molecule has 20 heavy (non-hydrogen) atoms. The second-order valence-corrected chi connectivity index (χ2v) is 5.20. The monoisotopic (exact) mass is 270 g/mol. The third kappa shape index (κ3) is 2.43. The fourth-order valence-corrected chi connectivity index (χ4v) is 2.59. The van der Waals surface area contributed by atoms with Crippen molar-refractivity contribution in [3.8, 4) is 5.69 Å². The summed E-state index contributed by atoms with van der Waals surface area (Å²) in [6, 6.07) is 9.90. The van der Waals surface area contributed by atoms with Gasteiger partial charge in [-0.1, -0.05) is 18.2 Å². The van der Waals surface area contributed by atoms with Crippen LogP contribution < -0.4 is 0 Å². The number of likely N-dealkylation sites (tertiary alicyclic amines) is 1. The Labute approximate surface area is 118 Å². The lowest BCUT2D eigenvalue weighted by molar-refractivity contribution is 0.0629. The summed E-state index contributed by atoms with van der Waals surface area (Å²) in [5.41, 5.74) is 1.28. The van der Waals surface area contributed by atoms with Gasteiger partial charge in [-0.15, -0.1) is 5.10 Å². The minimum absolute atomic E-state index is 0.0145. The van der Waals surface area contributed by atoms with Crippen LogP contribution in [0.3, 0.4) is 0 Å². The predicted molar refractivity (Wildman–Crippen MR) is 75.7 cm³/mol. The fourth-order valence-electron chi connectivity index (χ4n) is 2.59. The molecule has 104 valence electrons. The maximum Gasteiger partial charge on any atom is 0.276 e. The number of hydrogen-bond acceptors (Lipinski definition) is 3. The van der Waals surface area contributed by atoms with Crippen LogP contribution in [-0.2, 0) is 0 Å². The van der Waals surface area contributed by atoms with Gasteiger partial charge in [-0.2, -0.15) is 9.90 Å². The van der Waals surface area contributed by atoms with Crippen molar-refractivity contribution in [2.45, 2.75) is 32.2 Å². The molecule has 2 aromatic rings. The fraction of sp³-hybridized carbons (Fsp3) is 0.400. The van der Waals surface area contributed by atoms with E-state index in [0.717, 1.165) is 25.1 Å². The van der Waals surface area contributed by atoms with E-state index in [1.807, 2.05) is 35.2 Å². The zero-order valence-corrected chi connectivity index (χ0v) is 11.6. The van der Waals surface area contributed by atoms with E-state index in [4.69, 9.17) is 0 Å². The van der Waals surface area contributed by atoms with E-state index in [1.165, 1.54) is 11.2 Å². The highest BCUT2D eigenvalue weighted by Crippen LogP contribution is 2.18. The van der Waals surface area contributed by atoms with E-state index in [0.29, 0.717) is 5.69 Å². The van der Waals surface area contributed by atoms with Crippen LogP contribution in [0, 0.1) is 0 Å². The topological polar surface area (TPSA) is 51.0 Å². The van der Waals surface area contributed by atoms with Crippen molar-refractivity contribution in [3.63, 3.8) is 0 Å². The molecular formula is C15H18N4O. The van der Waals surface area contributed by atoms with Crippen molar-refractivity contribution in [1.82, 2.24) is 19.9 Å². The van der Waals surface area contributed by atoms with E-state index in [1.54, 1.807) is 6.20 Å². The number of benzene rings is 1. The van der Waals surface area contributed by atoms with Gasteiger partial charge in [0.25, 0.3) is 5.91 Å². The highest BCUT2D eigenvalue weighted by Gasteiger charge is 2.26. The highest BCUT2D eigenvalue weighted by atomic mass is 16.2. The first-order valence-electron chi connectivity index (χ1n) is 7.04. The van der Waals surface area contributed by atoms with Crippen LogP contribution in [0.2, 0.25) is 0 Å². The van der Waals surface area contributed by atoms with Crippen molar-refractivity contribution in [1.29, 1.82) is 0 Å². The van der Waals surface area contributed by atoms with E-state index in [9.17, 15) is 4.79 Å². The molecule has 1 aromatic heterocycles. The second kappa shape index (κ2) is 5.45. The zero-order chi connectivity index (χ0) is 13.9. The van der Waals surface area contributed by atoms with Crippen molar-refractivity contribution in [2.75, 3.05) is 6.54 Å².